The second-order valence-corrected chi connectivity index (χ2v) is 9.16. The lowest BCUT2D eigenvalue weighted by atomic mass is 9.81. The highest BCUT2D eigenvalue weighted by Gasteiger charge is 2.42. The van der Waals surface area contributed by atoms with E-state index in [1.807, 2.05) is 0 Å². The maximum atomic E-state index is 12.9. The zero-order chi connectivity index (χ0) is 20.9. The van der Waals surface area contributed by atoms with Crippen molar-refractivity contribution in [3.8, 4) is 0 Å². The van der Waals surface area contributed by atoms with Crippen molar-refractivity contribution in [3.05, 3.63) is 28.8 Å². The van der Waals surface area contributed by atoms with E-state index in [0.29, 0.717) is 25.9 Å². The predicted molar refractivity (Wildman–Crippen MR) is 107 cm³/mol. The van der Waals surface area contributed by atoms with Gasteiger partial charge in [0.25, 0.3) is 5.91 Å². The van der Waals surface area contributed by atoms with Crippen molar-refractivity contribution in [2.45, 2.75) is 56.4 Å². The van der Waals surface area contributed by atoms with Gasteiger partial charge < -0.3 is 10.1 Å². The average molecular weight is 431 g/mol. The second kappa shape index (κ2) is 9.24. The van der Waals surface area contributed by atoms with Gasteiger partial charge in [-0.3, -0.25) is 4.79 Å². The number of nitrogens with zero attached hydrogens (tertiary/aromatic N) is 1. The Morgan fingerprint density at radius 2 is 1.79 bits per heavy atom. The minimum atomic E-state index is -3.74. The summed E-state index contributed by atoms with van der Waals surface area (Å²) in [6.07, 6.45) is 3.51. The quantitative estimate of drug-likeness (QED) is 0.671. The number of esters is 1. The number of rotatable bonds is 7. The molecule has 1 aliphatic carbocycles. The Morgan fingerprint density at radius 1 is 1.18 bits per heavy atom. The molecule has 9 heteroatoms. The van der Waals surface area contributed by atoms with Gasteiger partial charge in [-0.25, -0.2) is 13.2 Å². The summed E-state index contributed by atoms with van der Waals surface area (Å²) in [5, 5.41) is 2.89. The molecule has 0 aromatic heterocycles. The van der Waals surface area contributed by atoms with Crippen LogP contribution in [-0.4, -0.2) is 50.3 Å². The molecule has 0 spiro atoms. The fourth-order valence-corrected chi connectivity index (χ4v) is 5.26. The van der Waals surface area contributed by atoms with Crippen LogP contribution in [-0.2, 0) is 19.6 Å². The minimum absolute atomic E-state index is 0.0125. The van der Waals surface area contributed by atoms with Crippen LogP contribution in [0.2, 0.25) is 5.02 Å². The Labute approximate surface area is 171 Å². The standard InChI is InChI=1S/C19H27ClN2O5S/c1-4-22(5-2)28(25,26)14-9-10-16(20)15(13-14)17(23)21-19(18(24)27-3)11-7-6-8-12-19/h9-10,13H,4-8,11-12H2,1-3H3,(H,21,23). The molecule has 0 heterocycles. The van der Waals surface area contributed by atoms with Crippen LogP contribution in [0.4, 0.5) is 0 Å². The lowest BCUT2D eigenvalue weighted by Gasteiger charge is -2.35. The highest BCUT2D eigenvalue weighted by Crippen LogP contribution is 2.31. The summed E-state index contributed by atoms with van der Waals surface area (Å²) in [6, 6.07) is 4.03. The molecule has 28 heavy (non-hydrogen) atoms. The van der Waals surface area contributed by atoms with Gasteiger partial charge >= 0.3 is 5.97 Å². The van der Waals surface area contributed by atoms with Gasteiger partial charge in [-0.2, -0.15) is 4.31 Å². The molecule has 1 aromatic rings. The fourth-order valence-electron chi connectivity index (χ4n) is 3.57. The largest absolute Gasteiger partial charge is 0.467 e. The summed E-state index contributed by atoms with van der Waals surface area (Å²) in [6.45, 7) is 4.12. The van der Waals surface area contributed by atoms with Crippen LogP contribution in [0.25, 0.3) is 0 Å². The summed E-state index contributed by atoms with van der Waals surface area (Å²) in [7, 11) is -2.45. The predicted octanol–water partition coefficient (Wildman–Crippen LogP) is 2.98. The van der Waals surface area contributed by atoms with E-state index >= 15 is 0 Å². The van der Waals surface area contributed by atoms with Gasteiger partial charge in [-0.15, -0.1) is 0 Å². The summed E-state index contributed by atoms with van der Waals surface area (Å²) in [4.78, 5) is 25.3. The monoisotopic (exact) mass is 430 g/mol. The number of nitrogens with one attached hydrogen (secondary N) is 1. The van der Waals surface area contributed by atoms with Gasteiger partial charge in [-0.1, -0.05) is 44.7 Å². The van der Waals surface area contributed by atoms with E-state index in [-0.39, 0.29) is 15.5 Å². The van der Waals surface area contributed by atoms with E-state index in [9.17, 15) is 18.0 Å². The first kappa shape index (κ1) is 22.6. The van der Waals surface area contributed by atoms with Gasteiger partial charge in [0.1, 0.15) is 5.54 Å². The lowest BCUT2D eigenvalue weighted by molar-refractivity contribution is -0.149. The average Bonchev–Trinajstić information content (AvgIpc) is 2.68. The van der Waals surface area contributed by atoms with Crippen LogP contribution in [0.5, 0.6) is 0 Å². The Kier molecular flexibility index (Phi) is 7.47. The van der Waals surface area contributed by atoms with Crippen molar-refractivity contribution in [2.24, 2.45) is 0 Å². The van der Waals surface area contributed by atoms with Crippen molar-refractivity contribution in [1.29, 1.82) is 0 Å². The molecule has 1 amide bonds. The number of amides is 1. The minimum Gasteiger partial charge on any atom is -0.467 e. The second-order valence-electron chi connectivity index (χ2n) is 6.82. The summed E-state index contributed by atoms with van der Waals surface area (Å²) in [5.74, 6) is -1.09. The molecular weight excluding hydrogens is 404 g/mol. The van der Waals surface area contributed by atoms with E-state index in [4.69, 9.17) is 16.3 Å². The van der Waals surface area contributed by atoms with Crippen molar-refractivity contribution in [3.63, 3.8) is 0 Å². The van der Waals surface area contributed by atoms with Gasteiger partial charge in [-0.05, 0) is 31.0 Å². The van der Waals surface area contributed by atoms with Crippen molar-refractivity contribution >= 4 is 33.5 Å². The Morgan fingerprint density at radius 3 is 2.32 bits per heavy atom. The Bertz CT molecular complexity index is 831. The maximum Gasteiger partial charge on any atom is 0.331 e. The number of sulfonamides is 1. The molecule has 1 aromatic carbocycles. The molecular formula is C19H27ClN2O5S. The third kappa shape index (κ3) is 4.50. The first-order valence-corrected chi connectivity index (χ1v) is 11.2. The van der Waals surface area contributed by atoms with E-state index in [2.05, 4.69) is 5.32 Å². The third-order valence-electron chi connectivity index (χ3n) is 5.16. The van der Waals surface area contributed by atoms with Crippen LogP contribution in [0.3, 0.4) is 0 Å². The molecule has 0 radical (unpaired) electrons. The van der Waals surface area contributed by atoms with E-state index in [1.165, 1.54) is 29.6 Å². The van der Waals surface area contributed by atoms with Gasteiger partial charge in [0, 0.05) is 13.1 Å². The van der Waals surface area contributed by atoms with Crippen LogP contribution in [0, 0.1) is 0 Å². The van der Waals surface area contributed by atoms with Gasteiger partial charge in [0.15, 0.2) is 0 Å². The molecule has 2 rings (SSSR count). The van der Waals surface area contributed by atoms with Crippen LogP contribution in [0.15, 0.2) is 23.1 Å². The zero-order valence-corrected chi connectivity index (χ0v) is 18.0. The molecule has 0 bridgehead atoms. The summed E-state index contributed by atoms with van der Waals surface area (Å²) < 4.78 is 31.7. The molecule has 0 atom stereocenters. The number of hydrogen-bond donors (Lipinski definition) is 1. The third-order valence-corrected chi connectivity index (χ3v) is 7.54. The molecule has 7 nitrogen and oxygen atoms in total. The highest BCUT2D eigenvalue weighted by atomic mass is 35.5. The van der Waals surface area contributed by atoms with Crippen LogP contribution >= 0.6 is 11.6 Å². The number of hydrogen-bond acceptors (Lipinski definition) is 5. The molecule has 0 unspecified atom stereocenters. The number of ether oxygens (including phenoxy) is 1. The molecule has 0 saturated heterocycles. The van der Waals surface area contributed by atoms with Crippen molar-refractivity contribution < 1.29 is 22.7 Å². The van der Waals surface area contributed by atoms with Gasteiger partial charge in [0.05, 0.1) is 22.6 Å². The lowest BCUT2D eigenvalue weighted by Crippen LogP contribution is -2.56. The molecule has 156 valence electrons. The zero-order valence-electron chi connectivity index (χ0n) is 16.5. The number of methoxy groups -OCH3 is 1. The number of halogens is 1. The Hall–Kier alpha value is -1.64. The van der Waals surface area contributed by atoms with E-state index in [0.717, 1.165) is 19.3 Å². The van der Waals surface area contributed by atoms with Crippen LogP contribution < -0.4 is 5.32 Å². The smallest absolute Gasteiger partial charge is 0.331 e. The maximum absolute atomic E-state index is 12.9. The molecule has 0 aliphatic heterocycles. The van der Waals surface area contributed by atoms with E-state index in [1.54, 1.807) is 13.8 Å². The highest BCUT2D eigenvalue weighted by molar-refractivity contribution is 7.89. The van der Waals surface area contributed by atoms with E-state index < -0.39 is 27.4 Å². The fraction of sp³-hybridized carbons (Fsp3) is 0.579. The Balaban J connectivity index is 2.39. The molecule has 1 saturated carbocycles. The number of benzene rings is 1. The SMILES string of the molecule is CCN(CC)S(=O)(=O)c1ccc(Cl)c(C(=O)NC2(C(=O)OC)CCCCC2)c1. The molecule has 1 N–H and O–H groups in total. The van der Waals surface area contributed by atoms with Crippen molar-refractivity contribution in [1.82, 2.24) is 9.62 Å². The van der Waals surface area contributed by atoms with Crippen LogP contribution in [0.1, 0.15) is 56.3 Å². The topological polar surface area (TPSA) is 92.8 Å². The van der Waals surface area contributed by atoms with Crippen molar-refractivity contribution in [2.75, 3.05) is 20.2 Å². The summed E-state index contributed by atoms with van der Waals surface area (Å²) in [5.41, 5.74) is -1.09. The molecule has 1 aliphatic rings. The summed E-state index contributed by atoms with van der Waals surface area (Å²) >= 11 is 6.18. The van der Waals surface area contributed by atoms with Gasteiger partial charge in [0.2, 0.25) is 10.0 Å². The first-order chi connectivity index (χ1) is 13.2. The number of carbonyl (C=O) groups is 2. The molecule has 1 fully saturated rings. The first-order valence-electron chi connectivity index (χ1n) is 9.42. The normalized spacial score (nSPS) is 16.6. The number of carbonyl (C=O) groups excluding carboxylic acids is 2.